The Morgan fingerprint density at radius 3 is 2.49 bits per heavy atom. The summed E-state index contributed by atoms with van der Waals surface area (Å²) in [6.07, 6.45) is 2.90. The number of hydrogen-bond donors (Lipinski definition) is 1. The van der Waals surface area contributed by atoms with Crippen LogP contribution in [-0.2, 0) is 17.6 Å². The number of benzene rings is 2. The number of para-hydroxylation sites is 1. The SMILES string of the molecule is Cc1cc(OCCc2nc(-c3ccc(Oc4ccccc4)nc3)oc2C)ccc1CCC(=O)O.Cl. The first-order valence-electron chi connectivity index (χ1n) is 11.1. The van der Waals surface area contributed by atoms with Crippen molar-refractivity contribution < 1.29 is 23.8 Å². The zero-order chi connectivity index (χ0) is 23.9. The molecule has 8 heteroatoms. The first kappa shape index (κ1) is 25.8. The van der Waals surface area contributed by atoms with Crippen molar-refractivity contribution >= 4 is 18.4 Å². The van der Waals surface area contributed by atoms with Gasteiger partial charge in [-0.3, -0.25) is 4.79 Å². The molecule has 0 saturated heterocycles. The standard InChI is InChI=1S/C27H26N2O5.ClH/c1-18-16-23(11-8-20(18)10-13-26(30)31)32-15-14-24-19(2)33-27(29-24)21-9-12-25(28-17-21)34-22-6-4-3-5-7-22;/h3-9,11-12,16-17H,10,13-15H2,1-2H3,(H,30,31);1H. The van der Waals surface area contributed by atoms with Crippen molar-refractivity contribution in [3.63, 3.8) is 0 Å². The Balaban J connectivity index is 0.00000342. The van der Waals surface area contributed by atoms with E-state index in [1.807, 2.05) is 68.4 Å². The minimum atomic E-state index is -0.797. The minimum absolute atomic E-state index is 0. The van der Waals surface area contributed by atoms with Crippen LogP contribution < -0.4 is 9.47 Å². The van der Waals surface area contributed by atoms with Gasteiger partial charge in [0.1, 0.15) is 17.3 Å². The number of oxazole rings is 1. The van der Waals surface area contributed by atoms with Gasteiger partial charge in [-0.25, -0.2) is 9.97 Å². The van der Waals surface area contributed by atoms with Gasteiger partial charge in [0.15, 0.2) is 0 Å². The van der Waals surface area contributed by atoms with Crippen molar-refractivity contribution in [2.24, 2.45) is 0 Å². The van der Waals surface area contributed by atoms with Crippen LogP contribution in [0, 0.1) is 13.8 Å². The van der Waals surface area contributed by atoms with Crippen molar-refractivity contribution in [3.8, 4) is 28.8 Å². The number of carboxylic acids is 1. The van der Waals surface area contributed by atoms with Gasteiger partial charge in [-0.15, -0.1) is 12.4 Å². The molecule has 2 aromatic carbocycles. The summed E-state index contributed by atoms with van der Waals surface area (Å²) in [5.41, 5.74) is 3.63. The van der Waals surface area contributed by atoms with E-state index in [0.717, 1.165) is 39.6 Å². The third-order valence-electron chi connectivity index (χ3n) is 5.37. The van der Waals surface area contributed by atoms with E-state index in [9.17, 15) is 4.79 Å². The number of aryl methyl sites for hydroxylation is 3. The number of hydrogen-bond acceptors (Lipinski definition) is 6. The third-order valence-corrected chi connectivity index (χ3v) is 5.37. The summed E-state index contributed by atoms with van der Waals surface area (Å²) in [7, 11) is 0. The molecule has 7 nitrogen and oxygen atoms in total. The molecule has 0 aliphatic heterocycles. The molecule has 0 unspecified atom stereocenters. The highest BCUT2D eigenvalue weighted by Crippen LogP contribution is 2.25. The molecule has 0 aliphatic rings. The van der Waals surface area contributed by atoms with Crippen LogP contribution in [0.15, 0.2) is 71.3 Å². The average molecular weight is 495 g/mol. The number of carboxylic acid groups (broad SMARTS) is 1. The smallest absolute Gasteiger partial charge is 0.303 e. The lowest BCUT2D eigenvalue weighted by Gasteiger charge is -2.09. The van der Waals surface area contributed by atoms with Crippen molar-refractivity contribution in [2.45, 2.75) is 33.1 Å². The normalized spacial score (nSPS) is 10.5. The van der Waals surface area contributed by atoms with E-state index < -0.39 is 5.97 Å². The minimum Gasteiger partial charge on any atom is -0.493 e. The highest BCUT2D eigenvalue weighted by molar-refractivity contribution is 5.85. The molecule has 0 saturated carbocycles. The zero-order valence-electron chi connectivity index (χ0n) is 19.6. The summed E-state index contributed by atoms with van der Waals surface area (Å²) >= 11 is 0. The van der Waals surface area contributed by atoms with E-state index >= 15 is 0 Å². The van der Waals surface area contributed by atoms with Crippen LogP contribution in [0.3, 0.4) is 0 Å². The van der Waals surface area contributed by atoms with E-state index in [1.54, 1.807) is 12.3 Å². The molecule has 0 aliphatic carbocycles. The second-order valence-electron chi connectivity index (χ2n) is 7.90. The molecule has 1 N–H and O–H groups in total. The highest BCUT2D eigenvalue weighted by atomic mass is 35.5. The van der Waals surface area contributed by atoms with E-state index in [2.05, 4.69) is 9.97 Å². The molecule has 0 fully saturated rings. The zero-order valence-corrected chi connectivity index (χ0v) is 20.4. The third kappa shape index (κ3) is 7.07. The maximum atomic E-state index is 10.8. The molecule has 0 bridgehead atoms. The van der Waals surface area contributed by atoms with E-state index in [-0.39, 0.29) is 18.8 Å². The molecule has 0 atom stereocenters. The van der Waals surface area contributed by atoms with Crippen molar-refractivity contribution in [1.29, 1.82) is 0 Å². The Morgan fingerprint density at radius 2 is 1.80 bits per heavy atom. The number of pyridine rings is 1. The number of rotatable bonds is 10. The fourth-order valence-corrected chi connectivity index (χ4v) is 3.51. The molecule has 4 rings (SSSR count). The first-order chi connectivity index (χ1) is 16.5. The second-order valence-corrected chi connectivity index (χ2v) is 7.90. The lowest BCUT2D eigenvalue weighted by atomic mass is 10.0. The molecule has 0 spiro atoms. The molecule has 2 heterocycles. The maximum absolute atomic E-state index is 10.8. The van der Waals surface area contributed by atoms with Crippen LogP contribution in [0.1, 0.15) is 29.0 Å². The van der Waals surface area contributed by atoms with Gasteiger partial charge >= 0.3 is 5.97 Å². The van der Waals surface area contributed by atoms with Crippen LogP contribution in [0.4, 0.5) is 0 Å². The summed E-state index contributed by atoms with van der Waals surface area (Å²) in [5, 5.41) is 8.86. The maximum Gasteiger partial charge on any atom is 0.303 e. The lowest BCUT2D eigenvalue weighted by Crippen LogP contribution is -2.04. The van der Waals surface area contributed by atoms with Crippen LogP contribution in [0.25, 0.3) is 11.5 Å². The van der Waals surface area contributed by atoms with Gasteiger partial charge in [-0.2, -0.15) is 0 Å². The Morgan fingerprint density at radius 1 is 1.00 bits per heavy atom. The van der Waals surface area contributed by atoms with Gasteiger partial charge in [-0.1, -0.05) is 24.3 Å². The van der Waals surface area contributed by atoms with E-state index in [0.29, 0.717) is 31.2 Å². The first-order valence-corrected chi connectivity index (χ1v) is 11.1. The number of aromatic nitrogens is 2. The Kier molecular flexibility index (Phi) is 8.86. The van der Waals surface area contributed by atoms with Gasteiger partial charge in [0.05, 0.1) is 17.9 Å². The largest absolute Gasteiger partial charge is 0.493 e. The van der Waals surface area contributed by atoms with Crippen LogP contribution in [0.5, 0.6) is 17.4 Å². The van der Waals surface area contributed by atoms with Gasteiger partial charge in [0.2, 0.25) is 11.8 Å². The van der Waals surface area contributed by atoms with Gasteiger partial charge in [-0.05, 0) is 61.7 Å². The molecule has 4 aromatic rings. The average Bonchev–Trinajstić information content (AvgIpc) is 3.20. The van der Waals surface area contributed by atoms with Crippen molar-refractivity contribution in [1.82, 2.24) is 9.97 Å². The monoisotopic (exact) mass is 494 g/mol. The lowest BCUT2D eigenvalue weighted by molar-refractivity contribution is -0.136. The van der Waals surface area contributed by atoms with Crippen molar-refractivity contribution in [2.75, 3.05) is 6.61 Å². The Labute approximate surface area is 210 Å². The van der Waals surface area contributed by atoms with Crippen LogP contribution in [0.2, 0.25) is 0 Å². The van der Waals surface area contributed by atoms with Crippen molar-refractivity contribution in [3.05, 3.63) is 89.4 Å². The fraction of sp³-hybridized carbons (Fsp3) is 0.222. The molecule has 0 amide bonds. The summed E-state index contributed by atoms with van der Waals surface area (Å²) < 4.78 is 17.5. The summed E-state index contributed by atoms with van der Waals surface area (Å²) in [4.78, 5) is 19.7. The molecule has 35 heavy (non-hydrogen) atoms. The molecule has 2 aromatic heterocycles. The predicted octanol–water partition coefficient (Wildman–Crippen LogP) is 6.21. The Hall–Kier alpha value is -3.84. The van der Waals surface area contributed by atoms with E-state index in [1.165, 1.54) is 0 Å². The van der Waals surface area contributed by atoms with Crippen LogP contribution in [-0.4, -0.2) is 27.7 Å². The number of nitrogens with zero attached hydrogens (tertiary/aromatic N) is 2. The number of halogens is 1. The number of carbonyl (C=O) groups is 1. The van der Waals surface area contributed by atoms with Crippen LogP contribution >= 0.6 is 12.4 Å². The predicted molar refractivity (Wildman–Crippen MR) is 135 cm³/mol. The summed E-state index contributed by atoms with van der Waals surface area (Å²) in [6.45, 7) is 4.29. The summed E-state index contributed by atoms with van der Waals surface area (Å²) in [6, 6.07) is 18.9. The topological polar surface area (TPSA) is 94.7 Å². The van der Waals surface area contributed by atoms with E-state index in [4.69, 9.17) is 19.0 Å². The summed E-state index contributed by atoms with van der Waals surface area (Å²) in [5.74, 6) is 2.41. The molecule has 182 valence electrons. The quantitative estimate of drug-likeness (QED) is 0.280. The van der Waals surface area contributed by atoms with Gasteiger partial charge in [0, 0.05) is 25.1 Å². The van der Waals surface area contributed by atoms with Gasteiger partial charge < -0.3 is 19.0 Å². The fourth-order valence-electron chi connectivity index (χ4n) is 3.51. The highest BCUT2D eigenvalue weighted by Gasteiger charge is 2.13. The number of ether oxygens (including phenoxy) is 2. The number of aliphatic carboxylic acids is 1. The Bertz CT molecular complexity index is 1260. The molecular weight excluding hydrogens is 468 g/mol. The second kappa shape index (κ2) is 12.0. The molecular formula is C27H27ClN2O5. The molecule has 0 radical (unpaired) electrons. The van der Waals surface area contributed by atoms with Gasteiger partial charge in [0.25, 0.3) is 0 Å².